The van der Waals surface area contributed by atoms with Gasteiger partial charge in [0.25, 0.3) is 0 Å². The van der Waals surface area contributed by atoms with Gasteiger partial charge < -0.3 is 19.5 Å². The molecule has 1 aliphatic heterocycles. The molecule has 1 N–H and O–H groups in total. The maximum absolute atomic E-state index is 5.56. The Balaban J connectivity index is 1.65. The Labute approximate surface area is 97.6 Å². The van der Waals surface area contributed by atoms with E-state index in [1.807, 2.05) is 6.92 Å². The molecular formula is C12H23NO3. The van der Waals surface area contributed by atoms with Crippen LogP contribution < -0.4 is 5.32 Å². The van der Waals surface area contributed by atoms with Gasteiger partial charge in [0.05, 0.1) is 19.8 Å². The van der Waals surface area contributed by atoms with E-state index in [0.717, 1.165) is 38.7 Å². The summed E-state index contributed by atoms with van der Waals surface area (Å²) in [5.41, 5.74) is 0. The van der Waals surface area contributed by atoms with Crippen molar-refractivity contribution in [3.8, 4) is 0 Å². The van der Waals surface area contributed by atoms with Crippen LogP contribution in [0.4, 0.5) is 0 Å². The van der Waals surface area contributed by atoms with Gasteiger partial charge in [0.1, 0.15) is 0 Å². The van der Waals surface area contributed by atoms with Crippen LogP contribution in [0.2, 0.25) is 0 Å². The molecule has 94 valence electrons. The van der Waals surface area contributed by atoms with Crippen molar-refractivity contribution in [3.63, 3.8) is 0 Å². The summed E-state index contributed by atoms with van der Waals surface area (Å²) in [5, 5.41) is 3.55. The summed E-state index contributed by atoms with van der Waals surface area (Å²) >= 11 is 0. The smallest absolute Gasteiger partial charge is 0.166 e. The molecule has 16 heavy (non-hydrogen) atoms. The zero-order chi connectivity index (χ0) is 11.4. The molecule has 0 aromatic heterocycles. The van der Waals surface area contributed by atoms with Crippen molar-refractivity contribution in [3.05, 3.63) is 0 Å². The van der Waals surface area contributed by atoms with Crippen molar-refractivity contribution in [2.45, 2.75) is 38.0 Å². The summed E-state index contributed by atoms with van der Waals surface area (Å²) in [7, 11) is 1.77. The van der Waals surface area contributed by atoms with Gasteiger partial charge in [-0.3, -0.25) is 0 Å². The molecule has 1 aliphatic carbocycles. The fourth-order valence-electron chi connectivity index (χ4n) is 2.23. The molecule has 1 saturated carbocycles. The molecule has 2 aliphatic rings. The first kappa shape index (κ1) is 12.3. The summed E-state index contributed by atoms with van der Waals surface area (Å²) in [6.45, 7) is 5.20. The van der Waals surface area contributed by atoms with E-state index < -0.39 is 0 Å². The number of hydrogen-bond donors (Lipinski definition) is 1. The predicted octanol–water partition coefficient (Wildman–Crippen LogP) is 1.15. The van der Waals surface area contributed by atoms with Crippen molar-refractivity contribution < 1.29 is 14.2 Å². The van der Waals surface area contributed by atoms with Gasteiger partial charge in [-0.2, -0.15) is 0 Å². The normalized spacial score (nSPS) is 25.9. The van der Waals surface area contributed by atoms with Crippen molar-refractivity contribution in [1.82, 2.24) is 5.32 Å². The average Bonchev–Trinajstić information content (AvgIpc) is 3.01. The first-order valence-corrected chi connectivity index (χ1v) is 6.24. The predicted molar refractivity (Wildman–Crippen MR) is 61.3 cm³/mol. The first-order valence-electron chi connectivity index (χ1n) is 6.24. The molecule has 2 fully saturated rings. The van der Waals surface area contributed by atoms with Gasteiger partial charge in [0.2, 0.25) is 0 Å². The summed E-state index contributed by atoms with van der Waals surface area (Å²) in [6, 6.07) is 0.509. The number of nitrogens with one attached hydrogen (secondary N) is 1. The Morgan fingerprint density at radius 2 is 2.06 bits per heavy atom. The Morgan fingerprint density at radius 3 is 2.62 bits per heavy atom. The Hall–Kier alpha value is -0.160. The number of rotatable bonds is 7. The highest BCUT2D eigenvalue weighted by molar-refractivity contribution is 4.86. The van der Waals surface area contributed by atoms with E-state index in [2.05, 4.69) is 5.32 Å². The second kappa shape index (κ2) is 5.45. The van der Waals surface area contributed by atoms with Gasteiger partial charge in [-0.15, -0.1) is 0 Å². The van der Waals surface area contributed by atoms with Crippen LogP contribution in [-0.2, 0) is 14.2 Å². The van der Waals surface area contributed by atoms with Gasteiger partial charge in [-0.05, 0) is 25.7 Å². The summed E-state index contributed by atoms with van der Waals surface area (Å²) < 4.78 is 16.4. The minimum absolute atomic E-state index is 0.367. The topological polar surface area (TPSA) is 39.7 Å². The first-order chi connectivity index (χ1) is 7.73. The molecule has 0 bridgehead atoms. The number of ether oxygens (including phenoxy) is 3. The average molecular weight is 229 g/mol. The number of hydrogen-bond acceptors (Lipinski definition) is 4. The molecule has 4 nitrogen and oxygen atoms in total. The van der Waals surface area contributed by atoms with Gasteiger partial charge >= 0.3 is 0 Å². The number of methoxy groups -OCH3 is 1. The molecule has 1 unspecified atom stereocenters. The standard InChI is InChI=1S/C12H23NO3/c1-12(15-7-8-16-12)5-6-13-11(9-14-2)10-3-4-10/h10-11,13H,3-9H2,1-2H3. The van der Waals surface area contributed by atoms with Crippen molar-refractivity contribution in [2.24, 2.45) is 5.92 Å². The molecule has 1 heterocycles. The fraction of sp³-hybridized carbons (Fsp3) is 1.00. The zero-order valence-electron chi connectivity index (χ0n) is 10.3. The minimum atomic E-state index is -0.367. The Kier molecular flexibility index (Phi) is 4.19. The van der Waals surface area contributed by atoms with Crippen LogP contribution in [0.5, 0.6) is 0 Å². The molecule has 4 heteroatoms. The van der Waals surface area contributed by atoms with Crippen molar-refractivity contribution in [2.75, 3.05) is 33.5 Å². The van der Waals surface area contributed by atoms with Gasteiger partial charge in [-0.25, -0.2) is 0 Å². The molecule has 1 saturated heterocycles. The SMILES string of the molecule is COCC(NCCC1(C)OCCO1)C1CC1. The van der Waals surface area contributed by atoms with E-state index in [9.17, 15) is 0 Å². The highest BCUT2D eigenvalue weighted by Crippen LogP contribution is 2.33. The molecule has 0 aromatic carbocycles. The second-order valence-corrected chi connectivity index (χ2v) is 4.93. The molecule has 0 aromatic rings. The zero-order valence-corrected chi connectivity index (χ0v) is 10.3. The Bertz CT molecular complexity index is 212. The van der Waals surface area contributed by atoms with Crippen LogP contribution in [0.25, 0.3) is 0 Å². The van der Waals surface area contributed by atoms with E-state index in [1.165, 1.54) is 12.8 Å². The van der Waals surface area contributed by atoms with Crippen LogP contribution in [0, 0.1) is 5.92 Å². The second-order valence-electron chi connectivity index (χ2n) is 4.93. The summed E-state index contributed by atoms with van der Waals surface area (Å²) in [5.74, 6) is 0.451. The van der Waals surface area contributed by atoms with Crippen LogP contribution in [-0.4, -0.2) is 45.3 Å². The lowest BCUT2D eigenvalue weighted by Gasteiger charge is -2.24. The van der Waals surface area contributed by atoms with Gasteiger partial charge in [0, 0.05) is 26.1 Å². The third kappa shape index (κ3) is 3.42. The van der Waals surface area contributed by atoms with Crippen LogP contribution in [0.15, 0.2) is 0 Å². The van der Waals surface area contributed by atoms with Crippen LogP contribution in [0.1, 0.15) is 26.2 Å². The maximum atomic E-state index is 5.56. The quantitative estimate of drug-likeness (QED) is 0.711. The molecule has 0 radical (unpaired) electrons. The summed E-state index contributed by atoms with van der Waals surface area (Å²) in [6.07, 6.45) is 3.58. The fourth-order valence-corrected chi connectivity index (χ4v) is 2.23. The molecular weight excluding hydrogens is 206 g/mol. The summed E-state index contributed by atoms with van der Waals surface area (Å²) in [4.78, 5) is 0. The van der Waals surface area contributed by atoms with E-state index in [0.29, 0.717) is 6.04 Å². The molecule has 0 amide bonds. The van der Waals surface area contributed by atoms with Gasteiger partial charge in [0.15, 0.2) is 5.79 Å². The molecule has 1 atom stereocenters. The third-order valence-corrected chi connectivity index (χ3v) is 3.42. The molecule has 2 rings (SSSR count). The van der Waals surface area contributed by atoms with Crippen LogP contribution >= 0.6 is 0 Å². The van der Waals surface area contributed by atoms with Crippen molar-refractivity contribution in [1.29, 1.82) is 0 Å². The molecule has 0 spiro atoms. The van der Waals surface area contributed by atoms with Crippen LogP contribution in [0.3, 0.4) is 0 Å². The third-order valence-electron chi connectivity index (χ3n) is 3.42. The lowest BCUT2D eigenvalue weighted by molar-refractivity contribution is -0.146. The lowest BCUT2D eigenvalue weighted by atomic mass is 10.1. The van der Waals surface area contributed by atoms with E-state index in [4.69, 9.17) is 14.2 Å². The highest BCUT2D eigenvalue weighted by atomic mass is 16.7. The maximum Gasteiger partial charge on any atom is 0.166 e. The highest BCUT2D eigenvalue weighted by Gasteiger charge is 2.33. The van der Waals surface area contributed by atoms with E-state index in [-0.39, 0.29) is 5.79 Å². The minimum Gasteiger partial charge on any atom is -0.383 e. The van der Waals surface area contributed by atoms with Crippen molar-refractivity contribution >= 4 is 0 Å². The lowest BCUT2D eigenvalue weighted by Crippen LogP contribution is -2.39. The van der Waals surface area contributed by atoms with Gasteiger partial charge in [-0.1, -0.05) is 0 Å². The Morgan fingerprint density at radius 1 is 1.38 bits per heavy atom. The van der Waals surface area contributed by atoms with E-state index >= 15 is 0 Å². The van der Waals surface area contributed by atoms with E-state index in [1.54, 1.807) is 7.11 Å². The largest absolute Gasteiger partial charge is 0.383 e. The monoisotopic (exact) mass is 229 g/mol.